The third-order valence-electron chi connectivity index (χ3n) is 2.90. The van der Waals surface area contributed by atoms with Crippen LogP contribution in [0.4, 0.5) is 0 Å². The number of nitrogens with zero attached hydrogens (tertiary/aromatic N) is 2. The van der Waals surface area contributed by atoms with E-state index in [2.05, 4.69) is 30.1 Å². The van der Waals surface area contributed by atoms with E-state index in [1.807, 2.05) is 20.8 Å². The standard InChI is InChI=1S/C13H25N3O/c1-6-16(7-2)9-11(5)15-13(17)12(8-14)10(3)4/h10-12H,6-7,9H2,1-5H3,(H,15,17). The van der Waals surface area contributed by atoms with E-state index in [4.69, 9.17) is 5.26 Å². The van der Waals surface area contributed by atoms with Crippen molar-refractivity contribution in [1.82, 2.24) is 10.2 Å². The van der Waals surface area contributed by atoms with Gasteiger partial charge in [-0.15, -0.1) is 0 Å². The quantitative estimate of drug-likeness (QED) is 0.734. The van der Waals surface area contributed by atoms with Gasteiger partial charge in [-0.2, -0.15) is 5.26 Å². The molecule has 1 amide bonds. The van der Waals surface area contributed by atoms with Crippen LogP contribution in [0.3, 0.4) is 0 Å². The molecule has 0 aliphatic heterocycles. The molecule has 0 fully saturated rings. The molecular weight excluding hydrogens is 214 g/mol. The summed E-state index contributed by atoms with van der Waals surface area (Å²) in [7, 11) is 0. The van der Waals surface area contributed by atoms with Gasteiger partial charge < -0.3 is 10.2 Å². The van der Waals surface area contributed by atoms with Crippen LogP contribution in [0.25, 0.3) is 0 Å². The number of amides is 1. The van der Waals surface area contributed by atoms with Gasteiger partial charge in [0.2, 0.25) is 5.91 Å². The van der Waals surface area contributed by atoms with Crippen molar-refractivity contribution in [2.75, 3.05) is 19.6 Å². The van der Waals surface area contributed by atoms with Gasteiger partial charge in [0.25, 0.3) is 0 Å². The van der Waals surface area contributed by atoms with E-state index in [1.165, 1.54) is 0 Å². The molecule has 0 saturated carbocycles. The highest BCUT2D eigenvalue weighted by molar-refractivity contribution is 5.81. The number of hydrogen-bond acceptors (Lipinski definition) is 3. The lowest BCUT2D eigenvalue weighted by atomic mass is 9.96. The lowest BCUT2D eigenvalue weighted by Gasteiger charge is -2.24. The summed E-state index contributed by atoms with van der Waals surface area (Å²) >= 11 is 0. The minimum absolute atomic E-state index is 0.0562. The van der Waals surface area contributed by atoms with Gasteiger partial charge in [0.15, 0.2) is 0 Å². The van der Waals surface area contributed by atoms with Crippen molar-refractivity contribution in [1.29, 1.82) is 5.26 Å². The Morgan fingerprint density at radius 1 is 1.29 bits per heavy atom. The van der Waals surface area contributed by atoms with Gasteiger partial charge in [-0.1, -0.05) is 27.7 Å². The molecule has 98 valence electrons. The first-order chi connectivity index (χ1) is 7.96. The largest absolute Gasteiger partial charge is 0.351 e. The van der Waals surface area contributed by atoms with Gasteiger partial charge in [-0.25, -0.2) is 0 Å². The molecule has 0 radical (unpaired) electrons. The van der Waals surface area contributed by atoms with E-state index >= 15 is 0 Å². The maximum Gasteiger partial charge on any atom is 0.237 e. The first-order valence-corrected chi connectivity index (χ1v) is 6.38. The van der Waals surface area contributed by atoms with Crippen LogP contribution in [-0.2, 0) is 4.79 Å². The van der Waals surface area contributed by atoms with Crippen LogP contribution >= 0.6 is 0 Å². The molecule has 0 aromatic heterocycles. The lowest BCUT2D eigenvalue weighted by Crippen LogP contribution is -2.44. The van der Waals surface area contributed by atoms with Gasteiger partial charge in [-0.3, -0.25) is 4.79 Å². The molecule has 0 heterocycles. The van der Waals surface area contributed by atoms with E-state index in [9.17, 15) is 4.79 Å². The predicted molar refractivity (Wildman–Crippen MR) is 69.3 cm³/mol. The molecule has 2 atom stereocenters. The summed E-state index contributed by atoms with van der Waals surface area (Å²) in [6.07, 6.45) is 0. The number of nitrogens with one attached hydrogen (secondary N) is 1. The second kappa shape index (κ2) is 8.08. The Hall–Kier alpha value is -1.08. The molecule has 0 saturated heterocycles. The summed E-state index contributed by atoms with van der Waals surface area (Å²) in [5.41, 5.74) is 0. The Morgan fingerprint density at radius 3 is 2.18 bits per heavy atom. The van der Waals surface area contributed by atoms with E-state index in [0.717, 1.165) is 19.6 Å². The molecule has 2 unspecified atom stereocenters. The summed E-state index contributed by atoms with van der Waals surface area (Å²) in [4.78, 5) is 14.1. The zero-order valence-electron chi connectivity index (χ0n) is 11.7. The number of nitriles is 1. The Morgan fingerprint density at radius 2 is 1.82 bits per heavy atom. The minimum Gasteiger partial charge on any atom is -0.351 e. The first-order valence-electron chi connectivity index (χ1n) is 6.38. The molecule has 0 aromatic rings. The van der Waals surface area contributed by atoms with Crippen LogP contribution in [0.5, 0.6) is 0 Å². The summed E-state index contributed by atoms with van der Waals surface area (Å²) < 4.78 is 0. The SMILES string of the molecule is CCN(CC)CC(C)NC(=O)C(C#N)C(C)C. The van der Waals surface area contributed by atoms with Crippen LogP contribution in [-0.4, -0.2) is 36.5 Å². The van der Waals surface area contributed by atoms with Gasteiger partial charge >= 0.3 is 0 Å². The molecule has 0 aromatic carbocycles. The Kier molecular flexibility index (Phi) is 7.56. The van der Waals surface area contributed by atoms with Gasteiger partial charge in [0.05, 0.1) is 6.07 Å². The third kappa shape index (κ3) is 5.69. The average molecular weight is 239 g/mol. The molecule has 0 bridgehead atoms. The van der Waals surface area contributed by atoms with Crippen molar-refractivity contribution in [3.8, 4) is 6.07 Å². The fraction of sp³-hybridized carbons (Fsp3) is 0.846. The highest BCUT2D eigenvalue weighted by Crippen LogP contribution is 2.09. The molecule has 0 spiro atoms. The summed E-state index contributed by atoms with van der Waals surface area (Å²) in [6, 6.07) is 2.14. The Labute approximate surface area is 105 Å². The molecule has 4 heteroatoms. The number of carbonyl (C=O) groups is 1. The number of carbonyl (C=O) groups excluding carboxylic acids is 1. The van der Waals surface area contributed by atoms with E-state index < -0.39 is 5.92 Å². The summed E-state index contributed by atoms with van der Waals surface area (Å²) in [5.74, 6) is -0.642. The molecule has 1 N–H and O–H groups in total. The zero-order valence-corrected chi connectivity index (χ0v) is 11.7. The second-order valence-corrected chi connectivity index (χ2v) is 4.75. The summed E-state index contributed by atoms with van der Waals surface area (Å²) in [5, 5.41) is 11.8. The van der Waals surface area contributed by atoms with Crippen LogP contribution in [0.15, 0.2) is 0 Å². The van der Waals surface area contributed by atoms with Gasteiger partial charge in [0.1, 0.15) is 5.92 Å². The number of hydrogen-bond donors (Lipinski definition) is 1. The normalized spacial score (nSPS) is 14.5. The van der Waals surface area contributed by atoms with Crippen LogP contribution in [0.1, 0.15) is 34.6 Å². The summed E-state index contributed by atoms with van der Waals surface area (Å²) in [6.45, 7) is 12.7. The lowest BCUT2D eigenvalue weighted by molar-refractivity contribution is -0.125. The smallest absolute Gasteiger partial charge is 0.237 e. The molecule has 0 aliphatic rings. The monoisotopic (exact) mass is 239 g/mol. The topological polar surface area (TPSA) is 56.1 Å². The number of likely N-dealkylation sites (N-methyl/N-ethyl adjacent to an activating group) is 1. The van der Waals surface area contributed by atoms with Crippen molar-refractivity contribution in [3.05, 3.63) is 0 Å². The Balaban J connectivity index is 4.24. The minimum atomic E-state index is -0.547. The first kappa shape index (κ1) is 15.9. The van der Waals surface area contributed by atoms with Crippen molar-refractivity contribution in [2.24, 2.45) is 11.8 Å². The van der Waals surface area contributed by atoms with Crippen LogP contribution < -0.4 is 5.32 Å². The average Bonchev–Trinajstić information content (AvgIpc) is 2.26. The second-order valence-electron chi connectivity index (χ2n) is 4.75. The van der Waals surface area contributed by atoms with E-state index in [1.54, 1.807) is 0 Å². The van der Waals surface area contributed by atoms with Crippen molar-refractivity contribution in [3.63, 3.8) is 0 Å². The molecule has 0 aliphatic carbocycles. The molecule has 17 heavy (non-hydrogen) atoms. The fourth-order valence-corrected chi connectivity index (χ4v) is 1.76. The van der Waals surface area contributed by atoms with E-state index in [-0.39, 0.29) is 17.9 Å². The molecule has 0 rings (SSSR count). The Bertz CT molecular complexity index is 266. The van der Waals surface area contributed by atoms with Gasteiger partial charge in [0, 0.05) is 12.6 Å². The van der Waals surface area contributed by atoms with Gasteiger partial charge in [-0.05, 0) is 25.9 Å². The van der Waals surface area contributed by atoms with E-state index in [0.29, 0.717) is 0 Å². The van der Waals surface area contributed by atoms with Crippen molar-refractivity contribution < 1.29 is 4.79 Å². The highest BCUT2D eigenvalue weighted by Gasteiger charge is 2.23. The van der Waals surface area contributed by atoms with Crippen molar-refractivity contribution in [2.45, 2.75) is 40.7 Å². The number of rotatable bonds is 7. The highest BCUT2D eigenvalue weighted by atomic mass is 16.1. The zero-order chi connectivity index (χ0) is 13.4. The van der Waals surface area contributed by atoms with Crippen LogP contribution in [0, 0.1) is 23.2 Å². The molecular formula is C13H25N3O. The maximum absolute atomic E-state index is 11.8. The van der Waals surface area contributed by atoms with Crippen LogP contribution in [0.2, 0.25) is 0 Å². The maximum atomic E-state index is 11.8. The van der Waals surface area contributed by atoms with Crippen molar-refractivity contribution >= 4 is 5.91 Å². The predicted octanol–water partition coefficient (Wildman–Crippen LogP) is 1.63. The third-order valence-corrected chi connectivity index (χ3v) is 2.90. The molecule has 4 nitrogen and oxygen atoms in total. The fourth-order valence-electron chi connectivity index (χ4n) is 1.76.